The van der Waals surface area contributed by atoms with E-state index in [4.69, 9.17) is 9.47 Å². The second-order valence-electron chi connectivity index (χ2n) is 11.0. The molecule has 0 bridgehead atoms. The van der Waals surface area contributed by atoms with Crippen molar-refractivity contribution < 1.29 is 33.0 Å². The Morgan fingerprint density at radius 3 is 2.45 bits per heavy atom. The summed E-state index contributed by atoms with van der Waals surface area (Å²) >= 11 is 0. The molecular weight excluding hydrogens is 493 g/mol. The number of benzene rings is 2. The maximum atomic E-state index is 14.8. The van der Waals surface area contributed by atoms with Crippen LogP contribution in [0.5, 0.6) is 5.75 Å². The number of halogens is 1. The van der Waals surface area contributed by atoms with Crippen LogP contribution in [-0.2, 0) is 31.0 Å². The summed E-state index contributed by atoms with van der Waals surface area (Å²) in [6.45, 7) is 8.17. The number of nitrogens with zero attached hydrogens (tertiary/aromatic N) is 2. The second-order valence-corrected chi connectivity index (χ2v) is 11.0. The van der Waals surface area contributed by atoms with Gasteiger partial charge in [-0.1, -0.05) is 32.9 Å². The lowest BCUT2D eigenvalue weighted by Crippen LogP contribution is -2.50. The fourth-order valence-corrected chi connectivity index (χ4v) is 4.78. The molecule has 2 aromatic rings. The predicted molar refractivity (Wildman–Crippen MR) is 137 cm³/mol. The standard InChI is InChI=1S/C28H32FN3O6/c1-27(2,3)20-10-7-17(14-21(20)29)30-24(34)23-19-9-8-18(37-6)13-16(19)11-12-31(23)22(33)15-32-25(35)28(4,5)38-26(32)36/h7-10,13-14,23H,11-12,15H2,1-6H3,(H,30,34)/t23-/m1/s1. The number of methoxy groups -OCH3 is 1. The van der Waals surface area contributed by atoms with E-state index >= 15 is 0 Å². The summed E-state index contributed by atoms with van der Waals surface area (Å²) in [7, 11) is 1.54. The predicted octanol–water partition coefficient (Wildman–Crippen LogP) is 3.95. The Kier molecular flexibility index (Phi) is 6.94. The van der Waals surface area contributed by atoms with E-state index in [9.17, 15) is 23.6 Å². The average Bonchev–Trinajstić information content (AvgIpc) is 3.03. The number of amides is 4. The second kappa shape index (κ2) is 9.74. The third-order valence-corrected chi connectivity index (χ3v) is 6.81. The van der Waals surface area contributed by atoms with Crippen molar-refractivity contribution in [2.75, 3.05) is 25.5 Å². The van der Waals surface area contributed by atoms with Gasteiger partial charge >= 0.3 is 6.09 Å². The van der Waals surface area contributed by atoms with Crippen LogP contribution in [0.4, 0.5) is 14.9 Å². The molecule has 1 atom stereocenters. The van der Waals surface area contributed by atoms with Crippen molar-refractivity contribution in [3.63, 3.8) is 0 Å². The third-order valence-electron chi connectivity index (χ3n) is 6.81. The van der Waals surface area contributed by atoms with Gasteiger partial charge in [-0.2, -0.15) is 0 Å². The molecule has 0 aliphatic carbocycles. The van der Waals surface area contributed by atoms with E-state index in [2.05, 4.69) is 5.32 Å². The molecule has 0 saturated carbocycles. The van der Waals surface area contributed by atoms with Crippen molar-refractivity contribution >= 4 is 29.5 Å². The zero-order valence-electron chi connectivity index (χ0n) is 22.4. The van der Waals surface area contributed by atoms with Crippen molar-refractivity contribution in [2.45, 2.75) is 58.1 Å². The van der Waals surface area contributed by atoms with Gasteiger partial charge in [-0.05, 0) is 66.6 Å². The first-order valence-electron chi connectivity index (χ1n) is 12.3. The van der Waals surface area contributed by atoms with Gasteiger partial charge in [-0.15, -0.1) is 0 Å². The monoisotopic (exact) mass is 525 g/mol. The number of imide groups is 1. The first-order chi connectivity index (χ1) is 17.7. The van der Waals surface area contributed by atoms with Crippen LogP contribution in [0.1, 0.15) is 57.4 Å². The Morgan fingerprint density at radius 1 is 1.16 bits per heavy atom. The molecule has 2 aliphatic heterocycles. The molecule has 2 aromatic carbocycles. The maximum Gasteiger partial charge on any atom is 0.418 e. The smallest absolute Gasteiger partial charge is 0.418 e. The summed E-state index contributed by atoms with van der Waals surface area (Å²) in [5.41, 5.74) is 0.356. The van der Waals surface area contributed by atoms with Gasteiger partial charge in [0.05, 0.1) is 7.11 Å². The van der Waals surface area contributed by atoms with Gasteiger partial charge in [-0.25, -0.2) is 14.1 Å². The zero-order chi connectivity index (χ0) is 28.0. The highest BCUT2D eigenvalue weighted by molar-refractivity contribution is 6.05. The number of hydrogen-bond acceptors (Lipinski definition) is 6. The van der Waals surface area contributed by atoms with E-state index in [0.29, 0.717) is 23.3 Å². The SMILES string of the molecule is COc1ccc2c(c1)CCN(C(=O)CN1C(=O)OC(C)(C)C1=O)[C@H]2C(=O)Nc1ccc(C(C)(C)C)c(F)c1. The summed E-state index contributed by atoms with van der Waals surface area (Å²) in [4.78, 5) is 54.0. The minimum atomic E-state index is -1.37. The summed E-state index contributed by atoms with van der Waals surface area (Å²) in [5, 5.41) is 2.73. The first kappa shape index (κ1) is 27.1. The maximum absolute atomic E-state index is 14.8. The van der Waals surface area contributed by atoms with E-state index in [1.165, 1.54) is 31.9 Å². The Morgan fingerprint density at radius 2 is 1.87 bits per heavy atom. The molecule has 0 aromatic heterocycles. The molecule has 0 unspecified atom stereocenters. The largest absolute Gasteiger partial charge is 0.497 e. The van der Waals surface area contributed by atoms with Gasteiger partial charge < -0.3 is 19.7 Å². The fraction of sp³-hybridized carbons (Fsp3) is 0.429. The first-order valence-corrected chi connectivity index (χ1v) is 12.3. The third kappa shape index (κ3) is 5.07. The lowest BCUT2D eigenvalue weighted by Gasteiger charge is -2.37. The van der Waals surface area contributed by atoms with Crippen LogP contribution in [-0.4, -0.2) is 59.4 Å². The summed E-state index contributed by atoms with van der Waals surface area (Å²) in [6.07, 6.45) is -0.480. The number of carbonyl (C=O) groups is 4. The zero-order valence-corrected chi connectivity index (χ0v) is 22.4. The van der Waals surface area contributed by atoms with Crippen LogP contribution < -0.4 is 10.1 Å². The number of hydrogen-bond donors (Lipinski definition) is 1. The van der Waals surface area contributed by atoms with Crippen molar-refractivity contribution in [3.8, 4) is 5.75 Å². The number of nitrogens with one attached hydrogen (secondary N) is 1. The Bertz CT molecular complexity index is 1320. The number of rotatable bonds is 5. The molecule has 0 radical (unpaired) electrons. The molecule has 202 valence electrons. The van der Waals surface area contributed by atoms with Gasteiger partial charge in [0.2, 0.25) is 5.91 Å². The molecule has 2 heterocycles. The van der Waals surface area contributed by atoms with E-state index < -0.39 is 53.2 Å². The minimum absolute atomic E-state index is 0.162. The van der Waals surface area contributed by atoms with Crippen molar-refractivity contribution in [1.82, 2.24) is 9.80 Å². The fourth-order valence-electron chi connectivity index (χ4n) is 4.78. The van der Waals surface area contributed by atoms with Crippen LogP contribution in [0.3, 0.4) is 0 Å². The van der Waals surface area contributed by atoms with Crippen molar-refractivity contribution in [1.29, 1.82) is 0 Å². The highest BCUT2D eigenvalue weighted by Gasteiger charge is 2.49. The average molecular weight is 526 g/mol. The van der Waals surface area contributed by atoms with Crippen LogP contribution in [0.15, 0.2) is 36.4 Å². The van der Waals surface area contributed by atoms with Crippen LogP contribution >= 0.6 is 0 Å². The molecule has 1 fully saturated rings. The van der Waals surface area contributed by atoms with Gasteiger partial charge in [0.15, 0.2) is 5.60 Å². The number of anilines is 1. The molecule has 9 nitrogen and oxygen atoms in total. The Hall–Kier alpha value is -3.95. The number of cyclic esters (lactones) is 1. The summed E-state index contributed by atoms with van der Waals surface area (Å²) in [6, 6.07) is 8.62. The lowest BCUT2D eigenvalue weighted by molar-refractivity contribution is -0.143. The molecule has 2 aliphatic rings. The van der Waals surface area contributed by atoms with E-state index in [0.717, 1.165) is 10.5 Å². The quantitative estimate of drug-likeness (QED) is 0.634. The number of fused-ring (bicyclic) bond motifs is 1. The summed E-state index contributed by atoms with van der Waals surface area (Å²) in [5.74, 6) is -1.62. The molecule has 4 rings (SSSR count). The van der Waals surface area contributed by atoms with Crippen molar-refractivity contribution in [2.24, 2.45) is 0 Å². The molecule has 38 heavy (non-hydrogen) atoms. The van der Waals surface area contributed by atoms with E-state index in [-0.39, 0.29) is 12.2 Å². The van der Waals surface area contributed by atoms with Gasteiger partial charge in [0.25, 0.3) is 11.8 Å². The molecule has 0 spiro atoms. The Labute approximate surface area is 220 Å². The van der Waals surface area contributed by atoms with Gasteiger partial charge in [0.1, 0.15) is 24.2 Å². The molecular formula is C28H32FN3O6. The van der Waals surface area contributed by atoms with Crippen LogP contribution in [0.2, 0.25) is 0 Å². The summed E-state index contributed by atoms with van der Waals surface area (Å²) < 4.78 is 25.2. The number of ether oxygens (including phenoxy) is 2. The minimum Gasteiger partial charge on any atom is -0.497 e. The lowest BCUT2D eigenvalue weighted by atomic mass is 9.86. The van der Waals surface area contributed by atoms with E-state index in [1.54, 1.807) is 30.3 Å². The topological polar surface area (TPSA) is 105 Å². The highest BCUT2D eigenvalue weighted by Crippen LogP contribution is 2.35. The normalized spacial score (nSPS) is 18.7. The molecule has 10 heteroatoms. The van der Waals surface area contributed by atoms with Crippen molar-refractivity contribution in [3.05, 3.63) is 58.9 Å². The highest BCUT2D eigenvalue weighted by atomic mass is 19.1. The molecule has 4 amide bonds. The number of carbonyl (C=O) groups excluding carboxylic acids is 4. The van der Waals surface area contributed by atoms with Gasteiger partial charge in [-0.3, -0.25) is 14.4 Å². The van der Waals surface area contributed by atoms with Gasteiger partial charge in [0, 0.05) is 12.2 Å². The Balaban J connectivity index is 1.64. The van der Waals surface area contributed by atoms with Crippen LogP contribution in [0.25, 0.3) is 0 Å². The molecule has 1 N–H and O–H groups in total. The molecule has 1 saturated heterocycles. The van der Waals surface area contributed by atoms with Crippen LogP contribution in [0, 0.1) is 5.82 Å². The van der Waals surface area contributed by atoms with E-state index in [1.807, 2.05) is 20.8 Å².